The molecule has 22 heavy (non-hydrogen) atoms. The number of hydrogen-bond acceptors (Lipinski definition) is 5. The van der Waals surface area contributed by atoms with Gasteiger partial charge in [-0.15, -0.1) is 0 Å². The number of nitrogens with zero attached hydrogens (tertiary/aromatic N) is 1. The Bertz CT molecular complexity index is 796. The number of hydrogen-bond donors (Lipinski definition) is 0. The van der Waals surface area contributed by atoms with Gasteiger partial charge in [-0.2, -0.15) is 8.42 Å². The lowest BCUT2D eigenvalue weighted by Crippen LogP contribution is -2.02. The van der Waals surface area contributed by atoms with E-state index in [4.69, 9.17) is 0 Å². The maximum Gasteiger partial charge on any atom is 0.325 e. The molecule has 0 amide bonds. The van der Waals surface area contributed by atoms with Crippen molar-refractivity contribution in [2.75, 3.05) is 6.26 Å². The van der Waals surface area contributed by atoms with Crippen LogP contribution in [0, 0.1) is 6.92 Å². The molecule has 0 saturated heterocycles. The molecule has 0 fully saturated rings. The van der Waals surface area contributed by atoms with E-state index < -0.39 is 10.1 Å². The van der Waals surface area contributed by atoms with Gasteiger partial charge in [0.1, 0.15) is 5.71 Å². The minimum atomic E-state index is -3.63. The molecule has 1 aliphatic rings. The summed E-state index contributed by atoms with van der Waals surface area (Å²) < 4.78 is 26.1. The minimum Gasteiger partial charge on any atom is -0.298 e. The number of allylic oxidation sites excluding steroid dienone is 6. The molecule has 114 valence electrons. The summed E-state index contributed by atoms with van der Waals surface area (Å²) in [5, 5.41) is 3.51. The Morgan fingerprint density at radius 1 is 1.14 bits per heavy atom. The van der Waals surface area contributed by atoms with E-state index in [1.165, 1.54) is 0 Å². The average Bonchev–Trinajstić information content (AvgIpc) is 2.48. The third-order valence-corrected chi connectivity index (χ3v) is 3.35. The lowest BCUT2D eigenvalue weighted by Gasteiger charge is -2.10. The van der Waals surface area contributed by atoms with Gasteiger partial charge in [-0.05, 0) is 35.8 Å². The van der Waals surface area contributed by atoms with Crippen LogP contribution < -0.4 is 0 Å². The van der Waals surface area contributed by atoms with Crippen LogP contribution in [0.5, 0.6) is 0 Å². The van der Waals surface area contributed by atoms with E-state index in [1.807, 2.05) is 31.2 Å². The highest BCUT2D eigenvalue weighted by Crippen LogP contribution is 2.23. The van der Waals surface area contributed by atoms with Gasteiger partial charge in [0.25, 0.3) is 0 Å². The molecule has 0 unspecified atom stereocenters. The SMILES string of the molecule is Cc1ccccc1C(C=O)=C1C=CC(=NOS(C)(=O)=O)C=C1. The van der Waals surface area contributed by atoms with Gasteiger partial charge in [0, 0.05) is 5.57 Å². The fraction of sp³-hybridized carbons (Fsp3) is 0.125. The molecule has 0 atom stereocenters. The first-order valence-electron chi connectivity index (χ1n) is 6.49. The van der Waals surface area contributed by atoms with Crippen molar-refractivity contribution >= 4 is 27.7 Å². The molecular weight excluding hydrogens is 302 g/mol. The van der Waals surface area contributed by atoms with Crippen LogP contribution >= 0.6 is 0 Å². The molecular formula is C16H15NO4S. The largest absolute Gasteiger partial charge is 0.325 e. The molecule has 1 aromatic carbocycles. The molecule has 2 rings (SSSR count). The van der Waals surface area contributed by atoms with Crippen molar-refractivity contribution in [3.8, 4) is 0 Å². The molecule has 6 heteroatoms. The van der Waals surface area contributed by atoms with Crippen LogP contribution in [-0.2, 0) is 19.2 Å². The zero-order chi connectivity index (χ0) is 16.2. The van der Waals surface area contributed by atoms with Crippen LogP contribution in [0.4, 0.5) is 0 Å². The molecule has 0 saturated carbocycles. The Morgan fingerprint density at radius 3 is 2.32 bits per heavy atom. The van der Waals surface area contributed by atoms with Crippen LogP contribution in [-0.4, -0.2) is 26.7 Å². The topological polar surface area (TPSA) is 72.8 Å². The third-order valence-electron chi connectivity index (χ3n) is 3.01. The van der Waals surface area contributed by atoms with Crippen molar-refractivity contribution in [2.45, 2.75) is 6.92 Å². The summed E-state index contributed by atoms with van der Waals surface area (Å²) in [6.45, 7) is 1.93. The highest BCUT2D eigenvalue weighted by atomic mass is 32.2. The molecule has 0 radical (unpaired) electrons. The monoisotopic (exact) mass is 317 g/mol. The number of aryl methyl sites for hydroxylation is 1. The van der Waals surface area contributed by atoms with Gasteiger partial charge in [-0.3, -0.25) is 9.08 Å². The van der Waals surface area contributed by atoms with E-state index >= 15 is 0 Å². The van der Waals surface area contributed by atoms with Crippen LogP contribution in [0.3, 0.4) is 0 Å². The molecule has 0 bridgehead atoms. The minimum absolute atomic E-state index is 0.351. The van der Waals surface area contributed by atoms with E-state index in [-0.39, 0.29) is 0 Å². The summed E-state index contributed by atoms with van der Waals surface area (Å²) in [6, 6.07) is 7.59. The van der Waals surface area contributed by atoms with Gasteiger partial charge in [-0.1, -0.05) is 41.6 Å². The number of benzene rings is 1. The Balaban J connectivity index is 2.33. The van der Waals surface area contributed by atoms with Crippen molar-refractivity contribution in [1.82, 2.24) is 0 Å². The van der Waals surface area contributed by atoms with Gasteiger partial charge < -0.3 is 0 Å². The third kappa shape index (κ3) is 4.02. The predicted octanol–water partition coefficient (Wildman–Crippen LogP) is 2.41. The summed E-state index contributed by atoms with van der Waals surface area (Å²) in [7, 11) is -3.63. The van der Waals surface area contributed by atoms with Gasteiger partial charge in [-0.25, -0.2) is 0 Å². The predicted molar refractivity (Wildman–Crippen MR) is 85.8 cm³/mol. The second-order valence-electron chi connectivity index (χ2n) is 4.76. The fourth-order valence-electron chi connectivity index (χ4n) is 1.97. The molecule has 0 aromatic heterocycles. The lowest BCUT2D eigenvalue weighted by atomic mass is 9.94. The standard InChI is InChI=1S/C16H15NO4S/c1-12-5-3-4-6-15(12)16(11-18)13-7-9-14(10-8-13)17-21-22(2,19)20/h3-11H,1-2H3. The summed E-state index contributed by atoms with van der Waals surface area (Å²) in [5.74, 6) is 0. The summed E-state index contributed by atoms with van der Waals surface area (Å²) >= 11 is 0. The second kappa shape index (κ2) is 6.53. The Hall–Kier alpha value is -2.47. The maximum absolute atomic E-state index is 11.4. The zero-order valence-corrected chi connectivity index (χ0v) is 13.0. The van der Waals surface area contributed by atoms with Crippen molar-refractivity contribution in [3.05, 3.63) is 65.3 Å². The number of carbonyl (C=O) groups is 1. The van der Waals surface area contributed by atoms with Crippen molar-refractivity contribution in [2.24, 2.45) is 5.16 Å². The Labute approximate surface area is 129 Å². The van der Waals surface area contributed by atoms with Crippen molar-refractivity contribution in [1.29, 1.82) is 0 Å². The highest BCUT2D eigenvalue weighted by molar-refractivity contribution is 7.85. The van der Waals surface area contributed by atoms with E-state index in [1.54, 1.807) is 24.3 Å². The smallest absolute Gasteiger partial charge is 0.298 e. The summed E-state index contributed by atoms with van der Waals surface area (Å²) in [4.78, 5) is 11.4. The van der Waals surface area contributed by atoms with Gasteiger partial charge in [0.15, 0.2) is 6.29 Å². The maximum atomic E-state index is 11.4. The first-order valence-corrected chi connectivity index (χ1v) is 8.30. The fourth-order valence-corrected chi connectivity index (χ4v) is 2.20. The number of oxime groups is 1. The summed E-state index contributed by atoms with van der Waals surface area (Å²) in [6.07, 6.45) is 8.29. The normalized spacial score (nSPS) is 13.9. The molecule has 0 aliphatic heterocycles. The Kier molecular flexibility index (Phi) is 4.72. The number of rotatable bonds is 4. The number of aldehydes is 1. The van der Waals surface area contributed by atoms with Crippen LogP contribution in [0.15, 0.2) is 59.3 Å². The first kappa shape index (κ1) is 15.9. The zero-order valence-electron chi connectivity index (χ0n) is 12.2. The molecule has 5 nitrogen and oxygen atoms in total. The van der Waals surface area contributed by atoms with Gasteiger partial charge >= 0.3 is 10.1 Å². The first-order chi connectivity index (χ1) is 10.4. The number of carbonyl (C=O) groups excluding carboxylic acids is 1. The van der Waals surface area contributed by atoms with E-state index in [9.17, 15) is 13.2 Å². The molecule has 1 aromatic rings. The highest BCUT2D eigenvalue weighted by Gasteiger charge is 2.10. The van der Waals surface area contributed by atoms with Gasteiger partial charge in [0.05, 0.1) is 6.26 Å². The van der Waals surface area contributed by atoms with E-state index in [2.05, 4.69) is 9.44 Å². The molecule has 1 aliphatic carbocycles. The molecule has 0 N–H and O–H groups in total. The molecule has 0 heterocycles. The quantitative estimate of drug-likeness (QED) is 0.485. The second-order valence-corrected chi connectivity index (χ2v) is 6.32. The van der Waals surface area contributed by atoms with E-state index in [0.717, 1.165) is 29.2 Å². The van der Waals surface area contributed by atoms with Crippen molar-refractivity contribution in [3.63, 3.8) is 0 Å². The lowest BCUT2D eigenvalue weighted by molar-refractivity contribution is -0.103. The van der Waals surface area contributed by atoms with Crippen LogP contribution in [0.1, 0.15) is 11.1 Å². The van der Waals surface area contributed by atoms with Crippen LogP contribution in [0.25, 0.3) is 5.57 Å². The van der Waals surface area contributed by atoms with Crippen LogP contribution in [0.2, 0.25) is 0 Å². The van der Waals surface area contributed by atoms with Crippen molar-refractivity contribution < 1.29 is 17.5 Å². The molecule has 0 spiro atoms. The average molecular weight is 317 g/mol. The van der Waals surface area contributed by atoms with Gasteiger partial charge in [0.2, 0.25) is 0 Å². The van der Waals surface area contributed by atoms with E-state index in [0.29, 0.717) is 11.3 Å². The Morgan fingerprint density at radius 2 is 1.77 bits per heavy atom. The summed E-state index contributed by atoms with van der Waals surface area (Å²) in [5.41, 5.74) is 3.49.